The second-order valence-electron chi connectivity index (χ2n) is 4.87. The van der Waals surface area contributed by atoms with Crippen LogP contribution in [0.4, 0.5) is 10.5 Å². The Morgan fingerprint density at radius 2 is 1.86 bits per heavy atom. The number of phenols is 1. The standard InChI is InChI=1S/C16H16N2O4/c19-13-4-1-11(2-5-13)7-8-17-16(20)18-12-3-6-14-15(9-12)22-10-21-14/h1-6,9,19H,7-8,10H2,(H2,17,18,20). The summed E-state index contributed by atoms with van der Waals surface area (Å²) in [5.74, 6) is 1.54. The lowest BCUT2D eigenvalue weighted by molar-refractivity contribution is 0.174. The normalized spacial score (nSPS) is 12.0. The van der Waals surface area contributed by atoms with Gasteiger partial charge >= 0.3 is 6.03 Å². The maximum Gasteiger partial charge on any atom is 0.319 e. The molecule has 0 saturated carbocycles. The first kappa shape index (κ1) is 14.1. The van der Waals surface area contributed by atoms with Crippen LogP contribution in [0.5, 0.6) is 17.2 Å². The Balaban J connectivity index is 1.47. The van der Waals surface area contributed by atoms with E-state index < -0.39 is 0 Å². The summed E-state index contributed by atoms with van der Waals surface area (Å²) >= 11 is 0. The molecular formula is C16H16N2O4. The third-order valence-electron chi connectivity index (χ3n) is 3.27. The maximum atomic E-state index is 11.8. The van der Waals surface area contributed by atoms with E-state index >= 15 is 0 Å². The van der Waals surface area contributed by atoms with Gasteiger partial charge in [-0.3, -0.25) is 0 Å². The molecule has 22 heavy (non-hydrogen) atoms. The molecule has 0 spiro atoms. The predicted molar refractivity (Wildman–Crippen MR) is 81.4 cm³/mol. The number of amides is 2. The smallest absolute Gasteiger partial charge is 0.319 e. The predicted octanol–water partition coefficient (Wildman–Crippen LogP) is 2.49. The minimum atomic E-state index is -0.280. The first-order valence-electron chi connectivity index (χ1n) is 6.93. The molecule has 0 unspecified atom stereocenters. The zero-order valence-corrected chi connectivity index (χ0v) is 11.8. The molecule has 0 bridgehead atoms. The largest absolute Gasteiger partial charge is 0.508 e. The lowest BCUT2D eigenvalue weighted by Gasteiger charge is -2.08. The Morgan fingerprint density at radius 1 is 1.09 bits per heavy atom. The van der Waals surface area contributed by atoms with E-state index in [1.807, 2.05) is 12.1 Å². The lowest BCUT2D eigenvalue weighted by atomic mass is 10.1. The highest BCUT2D eigenvalue weighted by atomic mass is 16.7. The molecule has 0 saturated heterocycles. The summed E-state index contributed by atoms with van der Waals surface area (Å²) in [7, 11) is 0. The monoisotopic (exact) mass is 300 g/mol. The molecule has 6 nitrogen and oxygen atoms in total. The van der Waals surface area contributed by atoms with Gasteiger partial charge in [0.1, 0.15) is 5.75 Å². The van der Waals surface area contributed by atoms with E-state index in [0.717, 1.165) is 5.56 Å². The van der Waals surface area contributed by atoms with Crippen molar-refractivity contribution in [3.8, 4) is 17.2 Å². The van der Waals surface area contributed by atoms with Gasteiger partial charge in [-0.2, -0.15) is 0 Å². The summed E-state index contributed by atoms with van der Waals surface area (Å²) in [5, 5.41) is 14.7. The summed E-state index contributed by atoms with van der Waals surface area (Å²) in [6.45, 7) is 0.707. The first-order valence-corrected chi connectivity index (χ1v) is 6.93. The number of carbonyl (C=O) groups excluding carboxylic acids is 1. The van der Waals surface area contributed by atoms with Crippen molar-refractivity contribution in [3.05, 3.63) is 48.0 Å². The van der Waals surface area contributed by atoms with Gasteiger partial charge in [0.15, 0.2) is 11.5 Å². The van der Waals surface area contributed by atoms with Crippen LogP contribution in [-0.4, -0.2) is 24.5 Å². The Morgan fingerprint density at radius 3 is 2.68 bits per heavy atom. The average Bonchev–Trinajstić information content (AvgIpc) is 2.97. The van der Waals surface area contributed by atoms with Crippen LogP contribution < -0.4 is 20.1 Å². The molecule has 0 atom stereocenters. The number of rotatable bonds is 4. The Labute approximate surface area is 127 Å². The van der Waals surface area contributed by atoms with Gasteiger partial charge in [-0.25, -0.2) is 4.79 Å². The zero-order chi connectivity index (χ0) is 15.4. The summed E-state index contributed by atoms with van der Waals surface area (Å²) < 4.78 is 10.5. The molecule has 3 rings (SSSR count). The molecule has 3 N–H and O–H groups in total. The van der Waals surface area contributed by atoms with Crippen LogP contribution in [0.1, 0.15) is 5.56 Å². The summed E-state index contributed by atoms with van der Waals surface area (Å²) in [4.78, 5) is 11.8. The molecule has 0 aliphatic carbocycles. The topological polar surface area (TPSA) is 79.8 Å². The minimum absolute atomic E-state index is 0.206. The fraction of sp³-hybridized carbons (Fsp3) is 0.188. The number of anilines is 1. The van der Waals surface area contributed by atoms with Crippen LogP contribution in [0.15, 0.2) is 42.5 Å². The van der Waals surface area contributed by atoms with E-state index in [4.69, 9.17) is 9.47 Å². The van der Waals surface area contributed by atoms with Crippen molar-refractivity contribution >= 4 is 11.7 Å². The van der Waals surface area contributed by atoms with E-state index in [9.17, 15) is 9.90 Å². The Bertz CT molecular complexity index is 670. The van der Waals surface area contributed by atoms with Crippen molar-refractivity contribution in [1.29, 1.82) is 0 Å². The van der Waals surface area contributed by atoms with Crippen LogP contribution in [0.3, 0.4) is 0 Å². The molecule has 6 heteroatoms. The summed E-state index contributed by atoms with van der Waals surface area (Å²) in [5.41, 5.74) is 1.69. The van der Waals surface area contributed by atoms with Crippen molar-refractivity contribution in [2.75, 3.05) is 18.7 Å². The number of nitrogens with one attached hydrogen (secondary N) is 2. The quantitative estimate of drug-likeness (QED) is 0.810. The molecule has 2 aromatic carbocycles. The SMILES string of the molecule is O=C(NCCc1ccc(O)cc1)Nc1ccc2c(c1)OCO2. The number of urea groups is 1. The van der Waals surface area contributed by atoms with Crippen molar-refractivity contribution < 1.29 is 19.4 Å². The lowest BCUT2D eigenvalue weighted by Crippen LogP contribution is -2.30. The number of carbonyl (C=O) groups is 1. The van der Waals surface area contributed by atoms with E-state index in [2.05, 4.69) is 10.6 Å². The molecule has 1 aliphatic heterocycles. The van der Waals surface area contributed by atoms with E-state index in [-0.39, 0.29) is 18.6 Å². The minimum Gasteiger partial charge on any atom is -0.508 e. The van der Waals surface area contributed by atoms with E-state index in [1.54, 1.807) is 30.3 Å². The van der Waals surface area contributed by atoms with Crippen LogP contribution in [0.25, 0.3) is 0 Å². The Kier molecular flexibility index (Phi) is 4.00. The van der Waals surface area contributed by atoms with Crippen LogP contribution in [0.2, 0.25) is 0 Å². The molecule has 1 aliphatic rings. The van der Waals surface area contributed by atoms with Gasteiger partial charge in [-0.05, 0) is 36.2 Å². The fourth-order valence-electron chi connectivity index (χ4n) is 2.13. The average molecular weight is 300 g/mol. The van der Waals surface area contributed by atoms with Gasteiger partial charge in [0.2, 0.25) is 6.79 Å². The van der Waals surface area contributed by atoms with Gasteiger partial charge in [-0.1, -0.05) is 12.1 Å². The van der Waals surface area contributed by atoms with Crippen molar-refractivity contribution in [2.24, 2.45) is 0 Å². The number of ether oxygens (including phenoxy) is 2. The third kappa shape index (κ3) is 3.41. The van der Waals surface area contributed by atoms with Gasteiger partial charge in [0.05, 0.1) is 0 Å². The third-order valence-corrected chi connectivity index (χ3v) is 3.27. The molecular weight excluding hydrogens is 284 g/mol. The highest BCUT2D eigenvalue weighted by Gasteiger charge is 2.13. The molecule has 1 heterocycles. The molecule has 0 fully saturated rings. The first-order chi connectivity index (χ1) is 10.7. The number of hydrogen-bond donors (Lipinski definition) is 3. The number of aromatic hydroxyl groups is 1. The van der Waals surface area contributed by atoms with Crippen LogP contribution in [0, 0.1) is 0 Å². The maximum absolute atomic E-state index is 11.8. The number of phenolic OH excluding ortho intramolecular Hbond substituents is 1. The number of hydrogen-bond acceptors (Lipinski definition) is 4. The van der Waals surface area contributed by atoms with Crippen LogP contribution in [-0.2, 0) is 6.42 Å². The number of fused-ring (bicyclic) bond motifs is 1. The van der Waals surface area contributed by atoms with Crippen molar-refractivity contribution in [1.82, 2.24) is 5.32 Å². The van der Waals surface area contributed by atoms with Gasteiger partial charge in [-0.15, -0.1) is 0 Å². The van der Waals surface area contributed by atoms with Gasteiger partial charge in [0, 0.05) is 18.3 Å². The molecule has 2 aromatic rings. The van der Waals surface area contributed by atoms with Gasteiger partial charge in [0.25, 0.3) is 0 Å². The van der Waals surface area contributed by atoms with E-state index in [0.29, 0.717) is 30.2 Å². The van der Waals surface area contributed by atoms with Crippen LogP contribution >= 0.6 is 0 Å². The van der Waals surface area contributed by atoms with Crippen molar-refractivity contribution in [2.45, 2.75) is 6.42 Å². The molecule has 0 aromatic heterocycles. The molecule has 0 radical (unpaired) electrons. The number of benzene rings is 2. The fourth-order valence-corrected chi connectivity index (χ4v) is 2.13. The highest BCUT2D eigenvalue weighted by Crippen LogP contribution is 2.34. The van der Waals surface area contributed by atoms with Gasteiger partial charge < -0.3 is 25.2 Å². The molecule has 114 valence electrons. The zero-order valence-electron chi connectivity index (χ0n) is 11.8. The Hall–Kier alpha value is -2.89. The summed E-state index contributed by atoms with van der Waals surface area (Å²) in [6, 6.07) is 11.9. The second kappa shape index (κ2) is 6.26. The molecule has 2 amide bonds. The summed E-state index contributed by atoms with van der Waals surface area (Å²) in [6.07, 6.45) is 0.689. The highest BCUT2D eigenvalue weighted by molar-refractivity contribution is 5.89. The van der Waals surface area contributed by atoms with Crippen molar-refractivity contribution in [3.63, 3.8) is 0 Å². The van der Waals surface area contributed by atoms with E-state index in [1.165, 1.54) is 0 Å². The second-order valence-corrected chi connectivity index (χ2v) is 4.87.